The third-order valence-electron chi connectivity index (χ3n) is 2.97. The SMILES string of the molecule is CNCCCC(=O)c1cc(C)c(C)cc1C. The van der Waals surface area contributed by atoms with Crippen LogP contribution < -0.4 is 5.32 Å². The van der Waals surface area contributed by atoms with Crippen LogP contribution in [0.15, 0.2) is 12.1 Å². The van der Waals surface area contributed by atoms with E-state index in [0.717, 1.165) is 24.1 Å². The molecular weight excluding hydrogens is 198 g/mol. The maximum atomic E-state index is 12.0. The Morgan fingerprint density at radius 3 is 2.38 bits per heavy atom. The molecule has 0 fully saturated rings. The normalized spacial score (nSPS) is 10.5. The molecule has 0 aromatic heterocycles. The van der Waals surface area contributed by atoms with E-state index in [0.29, 0.717) is 6.42 Å². The Morgan fingerprint density at radius 2 is 1.75 bits per heavy atom. The highest BCUT2D eigenvalue weighted by atomic mass is 16.1. The van der Waals surface area contributed by atoms with E-state index < -0.39 is 0 Å². The zero-order valence-electron chi connectivity index (χ0n) is 10.7. The lowest BCUT2D eigenvalue weighted by molar-refractivity contribution is 0.0979. The van der Waals surface area contributed by atoms with Crippen LogP contribution in [-0.4, -0.2) is 19.4 Å². The van der Waals surface area contributed by atoms with E-state index in [-0.39, 0.29) is 5.78 Å². The van der Waals surface area contributed by atoms with Gasteiger partial charge in [0.05, 0.1) is 0 Å². The van der Waals surface area contributed by atoms with Crippen LogP contribution >= 0.6 is 0 Å². The van der Waals surface area contributed by atoms with Crippen LogP contribution in [0, 0.1) is 20.8 Å². The number of benzene rings is 1. The third-order valence-corrected chi connectivity index (χ3v) is 2.97. The average Bonchev–Trinajstić information content (AvgIpc) is 2.23. The number of ketones is 1. The Kier molecular flexibility index (Phi) is 4.69. The van der Waals surface area contributed by atoms with E-state index >= 15 is 0 Å². The molecule has 2 heteroatoms. The monoisotopic (exact) mass is 219 g/mol. The summed E-state index contributed by atoms with van der Waals surface area (Å²) in [7, 11) is 1.91. The van der Waals surface area contributed by atoms with Gasteiger partial charge in [0.25, 0.3) is 0 Å². The zero-order chi connectivity index (χ0) is 12.1. The van der Waals surface area contributed by atoms with E-state index in [1.165, 1.54) is 11.1 Å². The minimum Gasteiger partial charge on any atom is -0.320 e. The minimum absolute atomic E-state index is 0.260. The first kappa shape index (κ1) is 12.9. The number of rotatable bonds is 5. The summed E-state index contributed by atoms with van der Waals surface area (Å²) in [4.78, 5) is 12.0. The Morgan fingerprint density at radius 1 is 1.12 bits per heavy atom. The molecule has 0 saturated carbocycles. The van der Waals surface area contributed by atoms with Gasteiger partial charge in [-0.2, -0.15) is 0 Å². The van der Waals surface area contributed by atoms with Crippen molar-refractivity contribution in [3.8, 4) is 0 Å². The van der Waals surface area contributed by atoms with Gasteiger partial charge in [0.2, 0.25) is 0 Å². The Labute approximate surface area is 98.1 Å². The molecule has 0 radical (unpaired) electrons. The van der Waals surface area contributed by atoms with Crippen molar-refractivity contribution in [1.29, 1.82) is 0 Å². The summed E-state index contributed by atoms with van der Waals surface area (Å²) in [6.45, 7) is 7.05. The van der Waals surface area contributed by atoms with Gasteiger partial charge < -0.3 is 5.32 Å². The number of aryl methyl sites for hydroxylation is 3. The number of Topliss-reactive ketones (excluding diaryl/α,β-unsaturated/α-hetero) is 1. The van der Waals surface area contributed by atoms with Crippen LogP contribution in [0.5, 0.6) is 0 Å². The van der Waals surface area contributed by atoms with E-state index in [4.69, 9.17) is 0 Å². The zero-order valence-corrected chi connectivity index (χ0v) is 10.7. The molecule has 0 aliphatic heterocycles. The highest BCUT2D eigenvalue weighted by Gasteiger charge is 2.09. The van der Waals surface area contributed by atoms with Gasteiger partial charge >= 0.3 is 0 Å². The minimum atomic E-state index is 0.260. The second-order valence-electron chi connectivity index (χ2n) is 4.38. The highest BCUT2D eigenvalue weighted by molar-refractivity contribution is 5.97. The molecule has 0 saturated heterocycles. The van der Waals surface area contributed by atoms with Gasteiger partial charge in [-0.05, 0) is 63.5 Å². The molecule has 0 atom stereocenters. The topological polar surface area (TPSA) is 29.1 Å². The maximum absolute atomic E-state index is 12.0. The second kappa shape index (κ2) is 5.80. The van der Waals surface area contributed by atoms with Gasteiger partial charge in [-0.25, -0.2) is 0 Å². The first-order chi connectivity index (χ1) is 7.56. The number of carbonyl (C=O) groups is 1. The molecular formula is C14H21NO. The van der Waals surface area contributed by atoms with E-state index in [9.17, 15) is 4.79 Å². The molecule has 0 bridgehead atoms. The lowest BCUT2D eigenvalue weighted by atomic mass is 9.96. The predicted molar refractivity (Wildman–Crippen MR) is 68.1 cm³/mol. The van der Waals surface area contributed by atoms with Crippen molar-refractivity contribution in [1.82, 2.24) is 5.32 Å². The van der Waals surface area contributed by atoms with E-state index in [1.54, 1.807) is 0 Å². The molecule has 0 amide bonds. The molecule has 0 unspecified atom stereocenters. The number of hydrogen-bond donors (Lipinski definition) is 1. The summed E-state index contributed by atoms with van der Waals surface area (Å²) < 4.78 is 0. The van der Waals surface area contributed by atoms with Crippen LogP contribution in [0.25, 0.3) is 0 Å². The summed E-state index contributed by atoms with van der Waals surface area (Å²) in [6.07, 6.45) is 1.53. The van der Waals surface area contributed by atoms with Gasteiger partial charge in [-0.1, -0.05) is 6.07 Å². The van der Waals surface area contributed by atoms with Crippen LogP contribution in [0.3, 0.4) is 0 Å². The van der Waals surface area contributed by atoms with E-state index in [2.05, 4.69) is 25.2 Å². The molecule has 2 nitrogen and oxygen atoms in total. The summed E-state index contributed by atoms with van der Waals surface area (Å²) >= 11 is 0. The lowest BCUT2D eigenvalue weighted by Gasteiger charge is -2.08. The fourth-order valence-corrected chi connectivity index (χ4v) is 1.82. The molecule has 1 N–H and O–H groups in total. The predicted octanol–water partition coefficient (Wildman–Crippen LogP) is 2.79. The summed E-state index contributed by atoms with van der Waals surface area (Å²) in [5, 5.41) is 3.06. The van der Waals surface area contributed by atoms with Gasteiger partial charge in [-0.15, -0.1) is 0 Å². The van der Waals surface area contributed by atoms with E-state index in [1.807, 2.05) is 20.0 Å². The first-order valence-corrected chi connectivity index (χ1v) is 5.82. The van der Waals surface area contributed by atoms with Gasteiger partial charge in [-0.3, -0.25) is 4.79 Å². The van der Waals surface area contributed by atoms with Crippen molar-refractivity contribution in [2.45, 2.75) is 33.6 Å². The number of hydrogen-bond acceptors (Lipinski definition) is 2. The fourth-order valence-electron chi connectivity index (χ4n) is 1.82. The van der Waals surface area contributed by atoms with Crippen molar-refractivity contribution < 1.29 is 4.79 Å². The smallest absolute Gasteiger partial charge is 0.163 e. The largest absolute Gasteiger partial charge is 0.320 e. The van der Waals surface area contributed by atoms with Crippen LogP contribution in [-0.2, 0) is 0 Å². The van der Waals surface area contributed by atoms with Crippen molar-refractivity contribution in [3.05, 3.63) is 34.4 Å². The van der Waals surface area contributed by atoms with Crippen molar-refractivity contribution in [2.24, 2.45) is 0 Å². The van der Waals surface area contributed by atoms with Crippen LogP contribution in [0.1, 0.15) is 39.9 Å². The summed E-state index contributed by atoms with van der Waals surface area (Å²) in [5.74, 6) is 0.260. The number of nitrogens with one attached hydrogen (secondary N) is 1. The molecule has 0 heterocycles. The molecule has 0 spiro atoms. The first-order valence-electron chi connectivity index (χ1n) is 5.82. The van der Waals surface area contributed by atoms with Crippen LogP contribution in [0.2, 0.25) is 0 Å². The molecule has 88 valence electrons. The molecule has 0 aliphatic carbocycles. The number of carbonyl (C=O) groups excluding carboxylic acids is 1. The van der Waals surface area contributed by atoms with Crippen molar-refractivity contribution >= 4 is 5.78 Å². The molecule has 0 aliphatic rings. The lowest BCUT2D eigenvalue weighted by Crippen LogP contribution is -2.11. The summed E-state index contributed by atoms with van der Waals surface area (Å²) in [5.41, 5.74) is 4.43. The maximum Gasteiger partial charge on any atom is 0.163 e. The molecule has 16 heavy (non-hydrogen) atoms. The van der Waals surface area contributed by atoms with Crippen LogP contribution in [0.4, 0.5) is 0 Å². The quantitative estimate of drug-likeness (QED) is 0.609. The van der Waals surface area contributed by atoms with Gasteiger partial charge in [0, 0.05) is 12.0 Å². The van der Waals surface area contributed by atoms with Gasteiger partial charge in [0.1, 0.15) is 0 Å². The average molecular weight is 219 g/mol. The second-order valence-corrected chi connectivity index (χ2v) is 4.38. The third kappa shape index (κ3) is 3.17. The van der Waals surface area contributed by atoms with Gasteiger partial charge in [0.15, 0.2) is 5.78 Å². The summed E-state index contributed by atoms with van der Waals surface area (Å²) in [6, 6.07) is 4.12. The molecule has 1 aromatic rings. The highest BCUT2D eigenvalue weighted by Crippen LogP contribution is 2.17. The Balaban J connectivity index is 2.79. The molecule has 1 aromatic carbocycles. The fraction of sp³-hybridized carbons (Fsp3) is 0.500. The Bertz CT molecular complexity index is 383. The van der Waals surface area contributed by atoms with Crippen molar-refractivity contribution in [2.75, 3.05) is 13.6 Å². The Hall–Kier alpha value is -1.15. The molecule has 1 rings (SSSR count). The van der Waals surface area contributed by atoms with Crippen molar-refractivity contribution in [3.63, 3.8) is 0 Å². The standard InChI is InChI=1S/C14H21NO/c1-10-8-12(3)13(9-11(10)2)14(16)6-5-7-15-4/h8-9,15H,5-7H2,1-4H3.